The van der Waals surface area contributed by atoms with Crippen LogP contribution in [0.3, 0.4) is 0 Å². The summed E-state index contributed by atoms with van der Waals surface area (Å²) in [5.41, 5.74) is 1.39. The summed E-state index contributed by atoms with van der Waals surface area (Å²) in [7, 11) is 0. The Morgan fingerprint density at radius 3 is 2.95 bits per heavy atom. The number of aromatic nitrogens is 2. The van der Waals surface area contributed by atoms with E-state index in [4.69, 9.17) is 11.6 Å². The first-order valence-electron chi connectivity index (χ1n) is 7.15. The minimum absolute atomic E-state index is 0.0653. The Hall–Kier alpha value is -1.55. The van der Waals surface area contributed by atoms with E-state index in [0.29, 0.717) is 16.5 Å². The van der Waals surface area contributed by atoms with Crippen LogP contribution < -0.4 is 5.32 Å². The molecule has 20 heavy (non-hydrogen) atoms. The Bertz CT molecular complexity index is 617. The second-order valence-electron chi connectivity index (χ2n) is 5.50. The van der Waals surface area contributed by atoms with E-state index >= 15 is 0 Å². The predicted octanol–water partition coefficient (Wildman–Crippen LogP) is 3.53. The van der Waals surface area contributed by atoms with E-state index in [2.05, 4.69) is 15.5 Å². The number of aromatic amines is 1. The summed E-state index contributed by atoms with van der Waals surface area (Å²) in [6.45, 7) is 0.755. The molecule has 1 saturated carbocycles. The molecular formula is C15H18ClN3O. The summed E-state index contributed by atoms with van der Waals surface area (Å²) < 4.78 is 0. The number of rotatable bonds is 3. The van der Waals surface area contributed by atoms with E-state index in [1.165, 1.54) is 32.1 Å². The Labute approximate surface area is 122 Å². The summed E-state index contributed by atoms with van der Waals surface area (Å²) in [6.07, 6.45) is 8.00. The van der Waals surface area contributed by atoms with Crippen molar-refractivity contribution in [3.8, 4) is 0 Å². The highest BCUT2D eigenvalue weighted by molar-refractivity contribution is 6.32. The van der Waals surface area contributed by atoms with Gasteiger partial charge in [0.25, 0.3) is 5.91 Å². The summed E-state index contributed by atoms with van der Waals surface area (Å²) in [5, 5.41) is 11.2. The van der Waals surface area contributed by atoms with Crippen molar-refractivity contribution < 1.29 is 4.79 Å². The zero-order valence-corrected chi connectivity index (χ0v) is 12.0. The maximum absolute atomic E-state index is 12.3. The average molecular weight is 292 g/mol. The van der Waals surface area contributed by atoms with Gasteiger partial charge in [0.15, 0.2) is 0 Å². The van der Waals surface area contributed by atoms with Crippen LogP contribution in [0.15, 0.2) is 18.3 Å². The number of nitrogens with one attached hydrogen (secondary N) is 2. The first-order valence-corrected chi connectivity index (χ1v) is 7.52. The number of hydrogen-bond acceptors (Lipinski definition) is 2. The topological polar surface area (TPSA) is 57.8 Å². The molecule has 3 rings (SSSR count). The Morgan fingerprint density at radius 2 is 2.15 bits per heavy atom. The largest absolute Gasteiger partial charge is 0.352 e. The predicted molar refractivity (Wildman–Crippen MR) is 80.0 cm³/mol. The molecule has 1 aliphatic carbocycles. The zero-order valence-electron chi connectivity index (χ0n) is 11.3. The maximum atomic E-state index is 12.3. The number of halogens is 1. The summed E-state index contributed by atoms with van der Waals surface area (Å²) in [4.78, 5) is 12.3. The fraction of sp³-hybridized carbons (Fsp3) is 0.467. The number of benzene rings is 1. The van der Waals surface area contributed by atoms with Gasteiger partial charge in [-0.05, 0) is 30.9 Å². The highest BCUT2D eigenvalue weighted by Crippen LogP contribution is 2.24. The molecule has 0 aliphatic heterocycles. The molecule has 106 valence electrons. The van der Waals surface area contributed by atoms with Crippen LogP contribution in [0.2, 0.25) is 5.02 Å². The van der Waals surface area contributed by atoms with Gasteiger partial charge in [-0.3, -0.25) is 9.89 Å². The van der Waals surface area contributed by atoms with Crippen LogP contribution in [0.4, 0.5) is 0 Å². The number of carbonyl (C=O) groups excluding carboxylic acids is 1. The van der Waals surface area contributed by atoms with E-state index in [1.807, 2.05) is 0 Å². The lowest BCUT2D eigenvalue weighted by molar-refractivity contribution is 0.0945. The van der Waals surface area contributed by atoms with Crippen LogP contribution in [-0.4, -0.2) is 22.6 Å². The molecule has 4 nitrogen and oxygen atoms in total. The van der Waals surface area contributed by atoms with Crippen LogP contribution in [0.1, 0.15) is 42.5 Å². The van der Waals surface area contributed by atoms with Crippen molar-refractivity contribution in [2.75, 3.05) is 6.54 Å². The minimum Gasteiger partial charge on any atom is -0.352 e. The standard InChI is InChI=1S/C15H18ClN3O/c16-11-6-12(13-9-18-19-14(13)7-11)15(20)17-8-10-4-2-1-3-5-10/h6-7,9-10H,1-5,8H2,(H,17,20)(H,18,19). The number of H-pyrrole nitrogens is 1. The summed E-state index contributed by atoms with van der Waals surface area (Å²) >= 11 is 6.05. The van der Waals surface area contributed by atoms with Gasteiger partial charge in [0, 0.05) is 17.0 Å². The molecule has 0 saturated heterocycles. The summed E-state index contributed by atoms with van der Waals surface area (Å²) in [6, 6.07) is 3.48. The molecule has 0 radical (unpaired) electrons. The molecule has 0 bridgehead atoms. The van der Waals surface area contributed by atoms with Crippen molar-refractivity contribution in [2.24, 2.45) is 5.92 Å². The fourth-order valence-electron chi connectivity index (χ4n) is 2.93. The number of fused-ring (bicyclic) bond motifs is 1. The van der Waals surface area contributed by atoms with Crippen molar-refractivity contribution >= 4 is 28.4 Å². The van der Waals surface area contributed by atoms with Crippen LogP contribution in [0, 0.1) is 5.92 Å². The third-order valence-corrected chi connectivity index (χ3v) is 4.26. The quantitative estimate of drug-likeness (QED) is 0.909. The third kappa shape index (κ3) is 2.80. The molecule has 5 heteroatoms. The van der Waals surface area contributed by atoms with Crippen LogP contribution >= 0.6 is 11.6 Å². The number of nitrogens with zero attached hydrogens (tertiary/aromatic N) is 1. The Morgan fingerprint density at radius 1 is 1.35 bits per heavy atom. The molecule has 1 aromatic carbocycles. The van der Waals surface area contributed by atoms with Crippen LogP contribution in [-0.2, 0) is 0 Å². The van der Waals surface area contributed by atoms with Crippen LogP contribution in [0.25, 0.3) is 10.9 Å². The second-order valence-corrected chi connectivity index (χ2v) is 5.94. The zero-order chi connectivity index (χ0) is 13.9. The fourth-order valence-corrected chi connectivity index (χ4v) is 3.15. The highest BCUT2D eigenvalue weighted by atomic mass is 35.5. The molecule has 0 unspecified atom stereocenters. The van der Waals surface area contributed by atoms with Gasteiger partial charge in [-0.15, -0.1) is 0 Å². The second kappa shape index (κ2) is 5.83. The SMILES string of the molecule is O=C(NCC1CCCCC1)c1cc(Cl)cc2[nH]ncc12. The van der Waals surface area contributed by atoms with Crippen molar-refractivity contribution in [1.82, 2.24) is 15.5 Å². The normalized spacial score (nSPS) is 16.4. The molecule has 2 aromatic rings. The van der Waals surface area contributed by atoms with Gasteiger partial charge < -0.3 is 5.32 Å². The van der Waals surface area contributed by atoms with E-state index in [9.17, 15) is 4.79 Å². The first-order chi connectivity index (χ1) is 9.74. The molecule has 1 heterocycles. The van der Waals surface area contributed by atoms with E-state index in [1.54, 1.807) is 18.3 Å². The first kappa shape index (κ1) is 13.4. The van der Waals surface area contributed by atoms with Crippen molar-refractivity contribution in [1.29, 1.82) is 0 Å². The Balaban J connectivity index is 1.73. The molecule has 1 aromatic heterocycles. The molecule has 1 fully saturated rings. The number of carbonyl (C=O) groups is 1. The maximum Gasteiger partial charge on any atom is 0.252 e. The lowest BCUT2D eigenvalue weighted by atomic mass is 9.89. The van der Waals surface area contributed by atoms with Gasteiger partial charge in [0.1, 0.15) is 0 Å². The average Bonchev–Trinajstić information content (AvgIpc) is 2.93. The molecule has 1 aliphatic rings. The summed E-state index contributed by atoms with van der Waals surface area (Å²) in [5.74, 6) is 0.552. The molecular weight excluding hydrogens is 274 g/mol. The lowest BCUT2D eigenvalue weighted by Gasteiger charge is -2.21. The molecule has 1 amide bonds. The Kier molecular flexibility index (Phi) is 3.92. The number of hydrogen-bond donors (Lipinski definition) is 2. The van der Waals surface area contributed by atoms with Crippen molar-refractivity contribution in [2.45, 2.75) is 32.1 Å². The van der Waals surface area contributed by atoms with Gasteiger partial charge in [0.05, 0.1) is 17.3 Å². The van der Waals surface area contributed by atoms with E-state index in [-0.39, 0.29) is 5.91 Å². The van der Waals surface area contributed by atoms with E-state index in [0.717, 1.165) is 17.4 Å². The van der Waals surface area contributed by atoms with Crippen LogP contribution in [0.5, 0.6) is 0 Å². The minimum atomic E-state index is -0.0653. The smallest absolute Gasteiger partial charge is 0.252 e. The van der Waals surface area contributed by atoms with Gasteiger partial charge in [-0.1, -0.05) is 30.9 Å². The third-order valence-electron chi connectivity index (χ3n) is 4.04. The van der Waals surface area contributed by atoms with Crippen molar-refractivity contribution in [3.05, 3.63) is 28.9 Å². The monoisotopic (exact) mass is 291 g/mol. The highest BCUT2D eigenvalue weighted by Gasteiger charge is 2.17. The molecule has 0 atom stereocenters. The molecule has 2 N–H and O–H groups in total. The van der Waals surface area contributed by atoms with Gasteiger partial charge in [-0.2, -0.15) is 5.10 Å². The lowest BCUT2D eigenvalue weighted by Crippen LogP contribution is -2.30. The van der Waals surface area contributed by atoms with Crippen molar-refractivity contribution in [3.63, 3.8) is 0 Å². The number of amides is 1. The molecule has 0 spiro atoms. The van der Waals surface area contributed by atoms with Gasteiger partial charge in [-0.25, -0.2) is 0 Å². The van der Waals surface area contributed by atoms with E-state index < -0.39 is 0 Å². The van der Waals surface area contributed by atoms with Gasteiger partial charge in [0.2, 0.25) is 0 Å². The van der Waals surface area contributed by atoms with Gasteiger partial charge >= 0.3 is 0 Å².